The molecule has 0 amide bonds. The van der Waals surface area contributed by atoms with E-state index in [0.29, 0.717) is 37.4 Å². The van der Waals surface area contributed by atoms with Gasteiger partial charge in [0, 0.05) is 25.5 Å². The number of fused-ring (bicyclic) bond motifs is 1. The van der Waals surface area contributed by atoms with Crippen molar-refractivity contribution < 1.29 is 14.6 Å². The predicted molar refractivity (Wildman–Crippen MR) is 169 cm³/mol. The molecule has 2 aromatic carbocycles. The van der Waals surface area contributed by atoms with Crippen molar-refractivity contribution in [3.63, 3.8) is 0 Å². The molecule has 0 fully saturated rings. The molecule has 4 aromatic rings. The number of ether oxygens (including phenoxy) is 1. The summed E-state index contributed by atoms with van der Waals surface area (Å²) in [4.78, 5) is 21.0. The Bertz CT molecular complexity index is 1630. The van der Waals surface area contributed by atoms with Gasteiger partial charge in [-0.2, -0.15) is 0 Å². The van der Waals surface area contributed by atoms with E-state index >= 15 is 0 Å². The van der Waals surface area contributed by atoms with Gasteiger partial charge in [0.2, 0.25) is 0 Å². The van der Waals surface area contributed by atoms with Gasteiger partial charge in [-0.25, -0.2) is 4.98 Å². The molecule has 0 saturated heterocycles. The van der Waals surface area contributed by atoms with E-state index in [-0.39, 0.29) is 5.97 Å². The van der Waals surface area contributed by atoms with Gasteiger partial charge in [-0.15, -0.1) is 0 Å². The van der Waals surface area contributed by atoms with E-state index in [4.69, 9.17) is 9.72 Å². The second kappa shape index (κ2) is 13.6. The predicted octanol–water partition coefficient (Wildman–Crippen LogP) is 6.14. The van der Waals surface area contributed by atoms with Crippen molar-refractivity contribution >= 4 is 22.4 Å². The number of allylic oxidation sites excluding steroid dienone is 5. The van der Waals surface area contributed by atoms with Gasteiger partial charge < -0.3 is 19.7 Å². The summed E-state index contributed by atoms with van der Waals surface area (Å²) in [6, 6.07) is 15.8. The zero-order valence-corrected chi connectivity index (χ0v) is 25.1. The number of hydrogen-bond donors (Lipinski definition) is 2. The Kier molecular flexibility index (Phi) is 9.88. The molecule has 42 heavy (non-hydrogen) atoms. The van der Waals surface area contributed by atoms with Crippen molar-refractivity contribution in [2.24, 2.45) is 7.05 Å². The molecule has 0 aliphatic rings. The van der Waals surface area contributed by atoms with Gasteiger partial charge in [0.1, 0.15) is 0 Å². The lowest BCUT2D eigenvalue weighted by molar-refractivity contribution is -0.142. The number of esters is 1. The Morgan fingerprint density at radius 2 is 1.88 bits per heavy atom. The molecule has 0 spiro atoms. The highest BCUT2D eigenvalue weighted by Gasteiger charge is 2.36. The second-order valence-electron chi connectivity index (χ2n) is 10.7. The van der Waals surface area contributed by atoms with E-state index in [2.05, 4.69) is 16.9 Å². The number of benzene rings is 2. The number of nitrogens with one attached hydrogen (secondary N) is 1. The number of hydrogen-bond acceptors (Lipinski definition) is 6. The van der Waals surface area contributed by atoms with Gasteiger partial charge in [0.05, 0.1) is 42.5 Å². The zero-order valence-electron chi connectivity index (χ0n) is 25.1. The first-order valence-electron chi connectivity index (χ1n) is 14.2. The van der Waals surface area contributed by atoms with Crippen LogP contribution < -0.4 is 5.32 Å². The molecule has 2 heterocycles. The lowest BCUT2D eigenvalue weighted by Gasteiger charge is -2.30. The number of nitrogens with zero attached hydrogens (tertiary/aromatic N) is 3. The Labute approximate surface area is 248 Å². The highest BCUT2D eigenvalue weighted by Crippen LogP contribution is 2.38. The minimum Gasteiger partial charge on any atom is -0.466 e. The van der Waals surface area contributed by atoms with E-state index in [1.54, 1.807) is 19.4 Å². The van der Waals surface area contributed by atoms with Gasteiger partial charge in [0.25, 0.3) is 0 Å². The maximum Gasteiger partial charge on any atom is 0.307 e. The highest BCUT2D eigenvalue weighted by molar-refractivity contribution is 5.94. The van der Waals surface area contributed by atoms with Crippen LogP contribution in [0.3, 0.4) is 0 Å². The van der Waals surface area contributed by atoms with Crippen LogP contribution in [0, 0.1) is 6.92 Å². The summed E-state index contributed by atoms with van der Waals surface area (Å²) in [5, 5.41) is 16.7. The summed E-state index contributed by atoms with van der Waals surface area (Å²) in [7, 11) is 1.88. The number of carbonyl (C=O) groups is 1. The van der Waals surface area contributed by atoms with Crippen LogP contribution >= 0.6 is 0 Å². The van der Waals surface area contributed by atoms with Crippen LogP contribution in [0.1, 0.15) is 60.8 Å². The summed E-state index contributed by atoms with van der Waals surface area (Å²) in [5.41, 5.74) is 6.30. The van der Waals surface area contributed by atoms with E-state index in [1.807, 2.05) is 99.1 Å². The van der Waals surface area contributed by atoms with Crippen LogP contribution in [0.2, 0.25) is 0 Å². The maximum absolute atomic E-state index is 12.5. The minimum atomic E-state index is -1.45. The molecule has 1 unspecified atom stereocenters. The summed E-state index contributed by atoms with van der Waals surface area (Å²) in [5.74, 6) is -0.225. The van der Waals surface area contributed by atoms with Gasteiger partial charge >= 0.3 is 5.97 Å². The third-order valence-corrected chi connectivity index (χ3v) is 7.13. The van der Waals surface area contributed by atoms with Crippen LogP contribution in [-0.4, -0.2) is 38.8 Å². The van der Waals surface area contributed by atoms with Gasteiger partial charge in [0.15, 0.2) is 5.60 Å². The number of carbonyl (C=O) groups excluding carboxylic acids is 1. The first-order chi connectivity index (χ1) is 20.1. The lowest BCUT2D eigenvalue weighted by Crippen LogP contribution is -2.31. The molecular weight excluding hydrogens is 524 g/mol. The quantitative estimate of drug-likeness (QED) is 0.122. The number of rotatable bonds is 12. The monoisotopic (exact) mass is 564 g/mol. The van der Waals surface area contributed by atoms with Crippen molar-refractivity contribution in [2.45, 2.75) is 46.3 Å². The fraction of sp³-hybridized carbons (Fsp3) is 0.286. The molecule has 218 valence electrons. The average Bonchev–Trinajstić information content (AvgIpc) is 3.40. The molecule has 1 atom stereocenters. The first-order valence-corrected chi connectivity index (χ1v) is 14.2. The zero-order chi connectivity index (χ0) is 30.3. The number of pyridine rings is 1. The van der Waals surface area contributed by atoms with Crippen molar-refractivity contribution in [3.05, 3.63) is 125 Å². The standard InChI is InChI=1S/C35H40N4O3/c1-7-42-34(40)17-18-36-21-29-20-30(26(5)10-8-9-24(2)3)31-19-28(15-16-32(31)38-29)35(41,33-22-37-23-39(33)6)27-13-11-25(4)12-14-27/h8-16,19-20,22-23,36,41H,5,7,17-18,21H2,1-4,6H3/b10-8-. The Balaban J connectivity index is 1.81. The van der Waals surface area contributed by atoms with Crippen LogP contribution in [0.15, 0.2) is 91.4 Å². The topological polar surface area (TPSA) is 89.3 Å². The third-order valence-electron chi connectivity index (χ3n) is 7.13. The number of aryl methyl sites for hydroxylation is 2. The summed E-state index contributed by atoms with van der Waals surface area (Å²) >= 11 is 0. The number of aliphatic hydroxyl groups is 1. The Morgan fingerprint density at radius 3 is 2.55 bits per heavy atom. The lowest BCUT2D eigenvalue weighted by atomic mass is 9.82. The Morgan fingerprint density at radius 1 is 1.14 bits per heavy atom. The fourth-order valence-corrected chi connectivity index (χ4v) is 4.91. The first kappa shape index (κ1) is 30.6. The van der Waals surface area contributed by atoms with E-state index in [9.17, 15) is 9.90 Å². The molecule has 0 bridgehead atoms. The minimum absolute atomic E-state index is 0.225. The van der Waals surface area contributed by atoms with Crippen molar-refractivity contribution in [1.29, 1.82) is 0 Å². The normalized spacial score (nSPS) is 12.8. The molecule has 0 radical (unpaired) electrons. The smallest absolute Gasteiger partial charge is 0.307 e. The molecule has 7 heteroatoms. The SMILES string of the molecule is C=C(/C=C\C=C(C)C)c1cc(CNCCC(=O)OCC)nc2ccc(C(O)(c3ccc(C)cc3)c3cncn3C)cc12. The summed E-state index contributed by atoms with van der Waals surface area (Å²) in [6.07, 6.45) is 9.70. The Hall–Kier alpha value is -4.33. The second-order valence-corrected chi connectivity index (χ2v) is 10.7. The number of imidazole rings is 1. The average molecular weight is 565 g/mol. The van der Waals surface area contributed by atoms with Crippen LogP contribution in [0.4, 0.5) is 0 Å². The van der Waals surface area contributed by atoms with E-state index in [0.717, 1.165) is 38.9 Å². The van der Waals surface area contributed by atoms with E-state index in [1.165, 1.54) is 5.57 Å². The maximum atomic E-state index is 12.5. The van der Waals surface area contributed by atoms with Crippen molar-refractivity contribution in [3.8, 4) is 0 Å². The highest BCUT2D eigenvalue weighted by atomic mass is 16.5. The molecule has 7 nitrogen and oxygen atoms in total. The van der Waals surface area contributed by atoms with Gasteiger partial charge in [-0.1, -0.05) is 66.3 Å². The van der Waals surface area contributed by atoms with Crippen LogP contribution in [0.25, 0.3) is 16.5 Å². The van der Waals surface area contributed by atoms with Gasteiger partial charge in [-0.05, 0) is 68.2 Å². The van der Waals surface area contributed by atoms with E-state index < -0.39 is 5.60 Å². The van der Waals surface area contributed by atoms with Crippen molar-refractivity contribution in [1.82, 2.24) is 19.9 Å². The summed E-state index contributed by atoms with van der Waals surface area (Å²) in [6.45, 7) is 13.6. The van der Waals surface area contributed by atoms with Gasteiger partial charge in [-0.3, -0.25) is 9.78 Å². The number of aromatic nitrogens is 3. The van der Waals surface area contributed by atoms with Crippen molar-refractivity contribution in [2.75, 3.05) is 13.2 Å². The fourth-order valence-electron chi connectivity index (χ4n) is 4.91. The summed E-state index contributed by atoms with van der Waals surface area (Å²) < 4.78 is 6.87. The van der Waals surface area contributed by atoms with Crippen LogP contribution in [0.5, 0.6) is 0 Å². The van der Waals surface area contributed by atoms with Crippen LogP contribution in [-0.2, 0) is 28.7 Å². The molecule has 4 rings (SSSR count). The molecule has 0 aliphatic carbocycles. The largest absolute Gasteiger partial charge is 0.466 e. The molecule has 2 aromatic heterocycles. The molecule has 2 N–H and O–H groups in total. The molecule has 0 saturated carbocycles. The molecular formula is C35H40N4O3. The molecule has 0 aliphatic heterocycles. The third kappa shape index (κ3) is 6.93.